The number of hydrogen-bond donors (Lipinski definition) is 0. The van der Waals surface area contributed by atoms with Gasteiger partial charge in [-0.1, -0.05) is 55.7 Å². The SMILES string of the molecule is O=C(C[C@@]1(c2ccccc2)CC(=O)N(Cc2cccs2)C1=O)N1CC[C@@H]2CCCC[C@H]2C1. The normalized spacial score (nSPS) is 28.1. The number of fused-ring (bicyclic) bond motifs is 1. The number of hydrogen-bond acceptors (Lipinski definition) is 4. The number of nitrogens with zero attached hydrogens (tertiary/aromatic N) is 2. The van der Waals surface area contributed by atoms with E-state index in [1.54, 1.807) is 0 Å². The van der Waals surface area contributed by atoms with E-state index < -0.39 is 5.41 Å². The Hall–Kier alpha value is -2.47. The zero-order valence-electron chi connectivity index (χ0n) is 18.4. The van der Waals surface area contributed by atoms with Crippen molar-refractivity contribution in [2.45, 2.75) is 56.9 Å². The van der Waals surface area contributed by atoms with Crippen LogP contribution in [0.3, 0.4) is 0 Å². The minimum atomic E-state index is -1.10. The topological polar surface area (TPSA) is 57.7 Å². The van der Waals surface area contributed by atoms with Gasteiger partial charge in [0.1, 0.15) is 0 Å². The molecule has 0 radical (unpaired) electrons. The number of amides is 3. The average Bonchev–Trinajstić information content (AvgIpc) is 3.42. The molecule has 6 heteroatoms. The molecule has 1 aromatic carbocycles. The van der Waals surface area contributed by atoms with Crippen LogP contribution in [0.5, 0.6) is 0 Å². The van der Waals surface area contributed by atoms with Crippen molar-refractivity contribution in [1.29, 1.82) is 0 Å². The average molecular weight is 451 g/mol. The first-order valence-corrected chi connectivity index (χ1v) is 12.7. The van der Waals surface area contributed by atoms with E-state index in [1.807, 2.05) is 52.7 Å². The maximum Gasteiger partial charge on any atom is 0.241 e. The molecule has 3 atom stereocenters. The zero-order chi connectivity index (χ0) is 22.1. The fourth-order valence-electron chi connectivity index (χ4n) is 5.94. The first-order chi connectivity index (χ1) is 15.6. The van der Waals surface area contributed by atoms with Crippen LogP contribution in [0.4, 0.5) is 0 Å². The van der Waals surface area contributed by atoms with Gasteiger partial charge >= 0.3 is 0 Å². The lowest BCUT2D eigenvalue weighted by molar-refractivity contribution is -0.144. The van der Waals surface area contributed by atoms with Crippen LogP contribution >= 0.6 is 11.3 Å². The molecule has 3 aliphatic rings. The highest BCUT2D eigenvalue weighted by Gasteiger charge is 2.54. The van der Waals surface area contributed by atoms with Crippen molar-refractivity contribution in [3.05, 3.63) is 58.3 Å². The maximum atomic E-state index is 13.7. The van der Waals surface area contributed by atoms with E-state index >= 15 is 0 Å². The van der Waals surface area contributed by atoms with E-state index in [1.165, 1.54) is 41.9 Å². The Morgan fingerprint density at radius 1 is 1.00 bits per heavy atom. The molecule has 3 heterocycles. The zero-order valence-corrected chi connectivity index (χ0v) is 19.2. The third kappa shape index (κ3) is 3.90. The van der Waals surface area contributed by atoms with Gasteiger partial charge in [-0.2, -0.15) is 0 Å². The van der Waals surface area contributed by atoms with Gasteiger partial charge in [0, 0.05) is 30.8 Å². The van der Waals surface area contributed by atoms with E-state index in [9.17, 15) is 14.4 Å². The first kappa shape index (κ1) is 21.4. The van der Waals surface area contributed by atoms with Crippen molar-refractivity contribution in [3.8, 4) is 0 Å². The molecular formula is C26H30N2O3S. The highest BCUT2D eigenvalue weighted by Crippen LogP contribution is 2.42. The van der Waals surface area contributed by atoms with E-state index in [-0.39, 0.29) is 37.1 Å². The summed E-state index contributed by atoms with van der Waals surface area (Å²) in [4.78, 5) is 44.6. The largest absolute Gasteiger partial charge is 0.342 e. The summed E-state index contributed by atoms with van der Waals surface area (Å²) in [6.07, 6.45) is 6.24. The van der Waals surface area contributed by atoms with Crippen molar-refractivity contribution < 1.29 is 14.4 Å². The summed E-state index contributed by atoms with van der Waals surface area (Å²) in [5.74, 6) is 0.920. The summed E-state index contributed by atoms with van der Waals surface area (Å²) >= 11 is 1.54. The van der Waals surface area contributed by atoms with E-state index in [4.69, 9.17) is 0 Å². The Bertz CT molecular complexity index is 990. The quantitative estimate of drug-likeness (QED) is 0.636. The van der Waals surface area contributed by atoms with Crippen molar-refractivity contribution >= 4 is 29.1 Å². The first-order valence-electron chi connectivity index (χ1n) is 11.8. The van der Waals surface area contributed by atoms with Crippen LogP contribution in [0.25, 0.3) is 0 Å². The standard InChI is InChI=1S/C26H30N2O3S/c29-23(27-13-12-19-7-4-5-8-20(19)17-27)15-26(21-9-2-1-3-10-21)16-24(30)28(25(26)31)18-22-11-6-14-32-22/h1-3,6,9-11,14,19-20H,4-5,7-8,12-13,15-18H2/t19-,20-,26-/m0/s1. The number of imide groups is 1. The molecule has 0 spiro atoms. The lowest BCUT2D eigenvalue weighted by Crippen LogP contribution is -2.48. The van der Waals surface area contributed by atoms with Crippen LogP contribution < -0.4 is 0 Å². The van der Waals surface area contributed by atoms with Gasteiger partial charge in [0.15, 0.2) is 0 Å². The van der Waals surface area contributed by atoms with Gasteiger partial charge in [0.2, 0.25) is 17.7 Å². The molecule has 32 heavy (non-hydrogen) atoms. The highest BCUT2D eigenvalue weighted by atomic mass is 32.1. The van der Waals surface area contributed by atoms with E-state index in [0.29, 0.717) is 5.92 Å². The fourth-order valence-corrected chi connectivity index (χ4v) is 6.63. The molecule has 3 fully saturated rings. The number of rotatable bonds is 5. The van der Waals surface area contributed by atoms with Crippen LogP contribution in [-0.4, -0.2) is 40.6 Å². The van der Waals surface area contributed by atoms with Gasteiger partial charge in [-0.15, -0.1) is 11.3 Å². The van der Waals surface area contributed by atoms with Crippen molar-refractivity contribution in [1.82, 2.24) is 9.80 Å². The molecule has 2 aromatic rings. The summed E-state index contributed by atoms with van der Waals surface area (Å²) in [6.45, 7) is 1.85. The molecule has 1 aliphatic carbocycles. The summed E-state index contributed by atoms with van der Waals surface area (Å²) in [5, 5.41) is 1.95. The monoisotopic (exact) mass is 450 g/mol. The van der Waals surface area contributed by atoms with Crippen LogP contribution in [-0.2, 0) is 26.3 Å². The number of likely N-dealkylation sites (tertiary alicyclic amines) is 2. The van der Waals surface area contributed by atoms with E-state index in [0.717, 1.165) is 35.9 Å². The summed E-state index contributed by atoms with van der Waals surface area (Å²) in [6, 6.07) is 13.3. The highest BCUT2D eigenvalue weighted by molar-refractivity contribution is 7.09. The number of carbonyl (C=O) groups is 3. The van der Waals surface area contributed by atoms with Gasteiger partial charge in [-0.3, -0.25) is 19.3 Å². The minimum Gasteiger partial charge on any atom is -0.342 e. The summed E-state index contributed by atoms with van der Waals surface area (Å²) in [7, 11) is 0. The van der Waals surface area contributed by atoms with Crippen molar-refractivity contribution in [3.63, 3.8) is 0 Å². The molecule has 0 unspecified atom stereocenters. The van der Waals surface area contributed by atoms with Gasteiger partial charge in [0.25, 0.3) is 0 Å². The lowest BCUT2D eigenvalue weighted by Gasteiger charge is -2.42. The molecule has 2 aliphatic heterocycles. The van der Waals surface area contributed by atoms with Gasteiger partial charge in [-0.05, 0) is 41.7 Å². The van der Waals surface area contributed by atoms with Crippen molar-refractivity contribution in [2.75, 3.05) is 13.1 Å². The van der Waals surface area contributed by atoms with Gasteiger partial charge in [-0.25, -0.2) is 0 Å². The minimum absolute atomic E-state index is 0.0111. The second-order valence-electron chi connectivity index (χ2n) is 9.60. The van der Waals surface area contributed by atoms with Gasteiger partial charge in [0.05, 0.1) is 12.0 Å². The molecule has 3 amide bonds. The maximum absolute atomic E-state index is 13.7. The number of thiophene rings is 1. The number of carbonyl (C=O) groups excluding carboxylic acids is 3. The van der Waals surface area contributed by atoms with Crippen LogP contribution in [0.15, 0.2) is 47.8 Å². The smallest absolute Gasteiger partial charge is 0.241 e. The van der Waals surface area contributed by atoms with Gasteiger partial charge < -0.3 is 4.90 Å². The third-order valence-electron chi connectivity index (χ3n) is 7.73. The molecule has 168 valence electrons. The molecular weight excluding hydrogens is 420 g/mol. The van der Waals surface area contributed by atoms with Crippen molar-refractivity contribution in [2.24, 2.45) is 11.8 Å². The van der Waals surface area contributed by atoms with Crippen LogP contribution in [0, 0.1) is 11.8 Å². The molecule has 2 saturated heterocycles. The molecule has 1 aromatic heterocycles. The Morgan fingerprint density at radius 2 is 1.78 bits per heavy atom. The summed E-state index contributed by atoms with van der Waals surface area (Å²) in [5.41, 5.74) is -0.330. The van der Waals surface area contributed by atoms with Crippen LogP contribution in [0.1, 0.15) is 55.4 Å². The Balaban J connectivity index is 1.40. The molecule has 5 nitrogen and oxygen atoms in total. The molecule has 0 N–H and O–H groups in total. The molecule has 1 saturated carbocycles. The molecule has 5 rings (SSSR count). The lowest BCUT2D eigenvalue weighted by atomic mass is 9.73. The fraction of sp³-hybridized carbons (Fsp3) is 0.500. The Morgan fingerprint density at radius 3 is 2.53 bits per heavy atom. The Kier molecular flexibility index (Phi) is 5.89. The van der Waals surface area contributed by atoms with Crippen LogP contribution in [0.2, 0.25) is 0 Å². The second kappa shape index (κ2) is 8.81. The number of piperidine rings is 1. The Labute approximate surface area is 193 Å². The summed E-state index contributed by atoms with van der Waals surface area (Å²) < 4.78 is 0. The second-order valence-corrected chi connectivity index (χ2v) is 10.6. The number of benzene rings is 1. The molecule has 0 bridgehead atoms. The third-order valence-corrected chi connectivity index (χ3v) is 8.59. The predicted molar refractivity (Wildman–Crippen MR) is 124 cm³/mol. The predicted octanol–water partition coefficient (Wildman–Crippen LogP) is 4.37. The van der Waals surface area contributed by atoms with E-state index in [2.05, 4.69) is 0 Å².